The molecule has 20 heavy (non-hydrogen) atoms. The van der Waals surface area contributed by atoms with Crippen LogP contribution in [0.2, 0.25) is 0 Å². The molecule has 0 radical (unpaired) electrons. The first-order valence-corrected chi connectivity index (χ1v) is 5.81. The van der Waals surface area contributed by atoms with Gasteiger partial charge in [-0.15, -0.1) is 0 Å². The summed E-state index contributed by atoms with van der Waals surface area (Å²) in [6, 6.07) is 9.34. The van der Waals surface area contributed by atoms with Crippen molar-refractivity contribution in [3.8, 4) is 0 Å². The third-order valence-electron chi connectivity index (χ3n) is 2.47. The van der Waals surface area contributed by atoms with Crippen molar-refractivity contribution in [2.24, 2.45) is 0 Å². The highest BCUT2D eigenvalue weighted by Gasteiger charge is 2.05. The fourth-order valence-corrected chi connectivity index (χ4v) is 1.48. The number of anilines is 1. The van der Waals surface area contributed by atoms with Gasteiger partial charge in [0.2, 0.25) is 0 Å². The monoisotopic (exact) mass is 272 g/mol. The molecule has 0 saturated carbocycles. The Labute approximate surface area is 115 Å². The molecule has 0 atom stereocenters. The fourth-order valence-electron chi connectivity index (χ4n) is 1.48. The molecule has 6 nitrogen and oxygen atoms in total. The van der Waals surface area contributed by atoms with Crippen LogP contribution in [0.15, 0.2) is 48.8 Å². The fraction of sp³-hybridized carbons (Fsp3) is 0.0714. The first-order valence-electron chi connectivity index (χ1n) is 5.81. The second-order valence-electron chi connectivity index (χ2n) is 3.94. The van der Waals surface area contributed by atoms with Crippen LogP contribution in [0.3, 0.4) is 0 Å². The van der Waals surface area contributed by atoms with Crippen molar-refractivity contribution in [2.75, 3.05) is 5.32 Å². The normalized spacial score (nSPS) is 9.80. The number of ether oxygens (including phenoxy) is 1. The Morgan fingerprint density at radius 2 is 1.95 bits per heavy atom. The van der Waals surface area contributed by atoms with Gasteiger partial charge in [0.1, 0.15) is 6.61 Å². The van der Waals surface area contributed by atoms with Gasteiger partial charge in [0, 0.05) is 23.6 Å². The molecule has 1 aromatic carbocycles. The van der Waals surface area contributed by atoms with Gasteiger partial charge in [0.15, 0.2) is 0 Å². The molecule has 102 valence electrons. The van der Waals surface area contributed by atoms with E-state index in [1.807, 2.05) is 0 Å². The Morgan fingerprint density at radius 1 is 1.20 bits per heavy atom. The molecule has 0 fully saturated rings. The topological polar surface area (TPSA) is 88.5 Å². The third-order valence-corrected chi connectivity index (χ3v) is 2.47. The summed E-state index contributed by atoms with van der Waals surface area (Å²) < 4.78 is 5.00. The number of pyridine rings is 1. The van der Waals surface area contributed by atoms with Crippen molar-refractivity contribution >= 4 is 17.7 Å². The van der Waals surface area contributed by atoms with Crippen molar-refractivity contribution < 1.29 is 19.4 Å². The van der Waals surface area contributed by atoms with E-state index >= 15 is 0 Å². The molecular weight excluding hydrogens is 260 g/mol. The van der Waals surface area contributed by atoms with E-state index in [1.54, 1.807) is 24.5 Å². The largest absolute Gasteiger partial charge is 0.478 e. The van der Waals surface area contributed by atoms with E-state index in [-0.39, 0.29) is 12.2 Å². The van der Waals surface area contributed by atoms with Gasteiger partial charge in [0.05, 0.1) is 5.56 Å². The summed E-state index contributed by atoms with van der Waals surface area (Å²) in [5, 5.41) is 11.3. The number of rotatable bonds is 4. The maximum absolute atomic E-state index is 11.5. The van der Waals surface area contributed by atoms with Crippen LogP contribution >= 0.6 is 0 Å². The maximum atomic E-state index is 11.5. The molecule has 1 amide bonds. The molecule has 0 aliphatic rings. The zero-order valence-electron chi connectivity index (χ0n) is 10.4. The zero-order chi connectivity index (χ0) is 14.4. The standard InChI is InChI=1S/C14H12N2O4/c17-13(18)11-3-5-12(6-4-11)16-14(19)20-9-10-2-1-7-15-8-10/h1-8H,9H2,(H,16,19)(H,17,18). The Morgan fingerprint density at radius 3 is 2.55 bits per heavy atom. The number of carbonyl (C=O) groups excluding carboxylic acids is 1. The summed E-state index contributed by atoms with van der Waals surface area (Å²) in [5.74, 6) is -1.02. The third kappa shape index (κ3) is 3.81. The van der Waals surface area contributed by atoms with Gasteiger partial charge in [-0.1, -0.05) is 6.07 Å². The number of nitrogens with zero attached hydrogens (tertiary/aromatic N) is 1. The van der Waals surface area contributed by atoms with E-state index in [0.717, 1.165) is 5.56 Å². The Balaban J connectivity index is 1.86. The molecule has 0 aliphatic carbocycles. The number of benzene rings is 1. The predicted molar refractivity (Wildman–Crippen MR) is 71.4 cm³/mol. The van der Waals surface area contributed by atoms with E-state index < -0.39 is 12.1 Å². The van der Waals surface area contributed by atoms with Gasteiger partial charge in [-0.3, -0.25) is 10.3 Å². The second kappa shape index (κ2) is 6.33. The number of carboxylic acid groups (broad SMARTS) is 1. The maximum Gasteiger partial charge on any atom is 0.411 e. The minimum absolute atomic E-state index is 0.118. The minimum atomic E-state index is -1.02. The highest BCUT2D eigenvalue weighted by Crippen LogP contribution is 2.10. The quantitative estimate of drug-likeness (QED) is 0.892. The molecule has 6 heteroatoms. The first-order chi connectivity index (χ1) is 9.65. The Bertz CT molecular complexity index is 596. The van der Waals surface area contributed by atoms with Crippen LogP contribution in [0.25, 0.3) is 0 Å². The van der Waals surface area contributed by atoms with Crippen LogP contribution in [0.5, 0.6) is 0 Å². The molecule has 0 saturated heterocycles. The van der Waals surface area contributed by atoms with E-state index in [9.17, 15) is 9.59 Å². The molecule has 2 rings (SSSR count). The minimum Gasteiger partial charge on any atom is -0.478 e. The summed E-state index contributed by atoms with van der Waals surface area (Å²) in [7, 11) is 0. The Hall–Kier alpha value is -2.89. The predicted octanol–water partition coefficient (Wildman–Crippen LogP) is 2.53. The van der Waals surface area contributed by atoms with Gasteiger partial charge in [-0.25, -0.2) is 9.59 Å². The van der Waals surface area contributed by atoms with Crippen LogP contribution in [0, 0.1) is 0 Å². The Kier molecular flexibility index (Phi) is 4.28. The van der Waals surface area contributed by atoms with Crippen molar-refractivity contribution in [3.05, 3.63) is 59.9 Å². The van der Waals surface area contributed by atoms with Crippen LogP contribution in [0.1, 0.15) is 15.9 Å². The van der Waals surface area contributed by atoms with Gasteiger partial charge in [0.25, 0.3) is 0 Å². The lowest BCUT2D eigenvalue weighted by Gasteiger charge is -2.07. The van der Waals surface area contributed by atoms with Gasteiger partial charge in [-0.05, 0) is 30.3 Å². The van der Waals surface area contributed by atoms with Gasteiger partial charge < -0.3 is 9.84 Å². The molecule has 2 aromatic rings. The lowest BCUT2D eigenvalue weighted by molar-refractivity contribution is 0.0697. The number of aromatic nitrogens is 1. The molecule has 0 aliphatic heterocycles. The van der Waals surface area contributed by atoms with Crippen molar-refractivity contribution in [1.29, 1.82) is 0 Å². The summed E-state index contributed by atoms with van der Waals surface area (Å²) in [5.41, 5.74) is 1.40. The molecule has 1 aromatic heterocycles. The molecule has 0 bridgehead atoms. The van der Waals surface area contributed by atoms with Gasteiger partial charge >= 0.3 is 12.1 Å². The van der Waals surface area contributed by atoms with E-state index in [4.69, 9.17) is 9.84 Å². The zero-order valence-corrected chi connectivity index (χ0v) is 10.4. The molecule has 2 N–H and O–H groups in total. The van der Waals surface area contributed by atoms with E-state index in [0.29, 0.717) is 5.69 Å². The number of aromatic carboxylic acids is 1. The van der Waals surface area contributed by atoms with Crippen molar-refractivity contribution in [3.63, 3.8) is 0 Å². The molecule has 0 spiro atoms. The lowest BCUT2D eigenvalue weighted by atomic mass is 10.2. The molecule has 0 unspecified atom stereocenters. The van der Waals surface area contributed by atoms with Crippen LogP contribution in [-0.2, 0) is 11.3 Å². The second-order valence-corrected chi connectivity index (χ2v) is 3.94. The lowest BCUT2D eigenvalue weighted by Crippen LogP contribution is -2.13. The summed E-state index contributed by atoms with van der Waals surface area (Å²) in [6.45, 7) is 0.118. The smallest absolute Gasteiger partial charge is 0.411 e. The number of nitrogens with one attached hydrogen (secondary N) is 1. The number of carboxylic acids is 1. The summed E-state index contributed by atoms with van der Waals surface area (Å²) in [4.78, 5) is 26.1. The van der Waals surface area contributed by atoms with Crippen molar-refractivity contribution in [2.45, 2.75) is 6.61 Å². The number of hydrogen-bond donors (Lipinski definition) is 2. The number of hydrogen-bond acceptors (Lipinski definition) is 4. The average molecular weight is 272 g/mol. The molecular formula is C14H12N2O4. The number of carbonyl (C=O) groups is 2. The highest BCUT2D eigenvalue weighted by molar-refractivity contribution is 5.89. The van der Waals surface area contributed by atoms with E-state index in [2.05, 4.69) is 10.3 Å². The van der Waals surface area contributed by atoms with Gasteiger partial charge in [-0.2, -0.15) is 0 Å². The SMILES string of the molecule is O=C(Nc1ccc(C(=O)O)cc1)OCc1cccnc1. The van der Waals surface area contributed by atoms with Crippen LogP contribution in [-0.4, -0.2) is 22.2 Å². The average Bonchev–Trinajstić information content (AvgIpc) is 2.47. The summed E-state index contributed by atoms with van der Waals surface area (Å²) >= 11 is 0. The first kappa shape index (κ1) is 13.5. The number of amides is 1. The van der Waals surface area contributed by atoms with Crippen LogP contribution < -0.4 is 5.32 Å². The molecule has 1 heterocycles. The summed E-state index contributed by atoms with van der Waals surface area (Å²) in [6.07, 6.45) is 2.62. The van der Waals surface area contributed by atoms with Crippen LogP contribution in [0.4, 0.5) is 10.5 Å². The highest BCUT2D eigenvalue weighted by atomic mass is 16.5. The van der Waals surface area contributed by atoms with E-state index in [1.165, 1.54) is 24.3 Å². The van der Waals surface area contributed by atoms with Crippen molar-refractivity contribution in [1.82, 2.24) is 4.98 Å².